The molecule has 102 valence electrons. The van der Waals surface area contributed by atoms with E-state index in [2.05, 4.69) is 39.4 Å². The summed E-state index contributed by atoms with van der Waals surface area (Å²) in [4.78, 5) is 0. The Morgan fingerprint density at radius 1 is 1.47 bits per heavy atom. The zero-order chi connectivity index (χ0) is 13.6. The molecule has 0 spiro atoms. The van der Waals surface area contributed by atoms with E-state index < -0.39 is 6.10 Å². The number of rotatable bonds is 1. The lowest BCUT2D eigenvalue weighted by molar-refractivity contribution is 0.0335. The Balaban J connectivity index is 2.20. The summed E-state index contributed by atoms with van der Waals surface area (Å²) in [5.41, 5.74) is 7.93. The lowest BCUT2D eigenvalue weighted by Gasteiger charge is -2.27. The summed E-state index contributed by atoms with van der Waals surface area (Å²) in [6.45, 7) is 2.96. The molecule has 0 fully saturated rings. The Morgan fingerprint density at radius 2 is 2.26 bits per heavy atom. The number of benzene rings is 1. The highest BCUT2D eigenvalue weighted by Crippen LogP contribution is 2.39. The molecule has 5 heteroatoms. The first-order chi connectivity index (χ1) is 9.11. The summed E-state index contributed by atoms with van der Waals surface area (Å²) in [5.74, 6) is 0. The molecule has 4 nitrogen and oxygen atoms in total. The van der Waals surface area contributed by atoms with E-state index in [-0.39, 0.29) is 0 Å². The van der Waals surface area contributed by atoms with Gasteiger partial charge in [0.05, 0.1) is 17.5 Å². The molecule has 0 radical (unpaired) electrons. The van der Waals surface area contributed by atoms with Crippen molar-refractivity contribution < 1.29 is 5.11 Å². The van der Waals surface area contributed by atoms with Gasteiger partial charge in [-0.2, -0.15) is 0 Å². The minimum Gasteiger partial charge on any atom is -0.388 e. The van der Waals surface area contributed by atoms with E-state index >= 15 is 0 Å². The Kier molecular flexibility index (Phi) is 3.28. The van der Waals surface area contributed by atoms with Crippen LogP contribution in [-0.2, 0) is 0 Å². The fourth-order valence-electron chi connectivity index (χ4n) is 2.85. The van der Waals surface area contributed by atoms with Gasteiger partial charge in [-0.15, -0.1) is 5.12 Å². The van der Waals surface area contributed by atoms with Crippen molar-refractivity contribution in [1.29, 1.82) is 0 Å². The smallest absolute Gasteiger partial charge is 0.0819 e. The molecule has 0 amide bonds. The number of aliphatic hydroxyl groups is 1. The molecule has 2 heterocycles. The van der Waals surface area contributed by atoms with Crippen LogP contribution in [0.15, 0.2) is 28.4 Å². The van der Waals surface area contributed by atoms with Gasteiger partial charge in [-0.05, 0) is 30.5 Å². The molecule has 3 rings (SSSR count). The maximum Gasteiger partial charge on any atom is 0.0819 e. The lowest BCUT2D eigenvalue weighted by Crippen LogP contribution is -2.40. The summed E-state index contributed by atoms with van der Waals surface area (Å²) in [6, 6.07) is 6.16. The third-order valence-electron chi connectivity index (χ3n) is 3.80. The number of nitrogens with one attached hydrogen (secondary N) is 1. The Hall–Kier alpha value is -1.04. The Bertz CT molecular complexity index is 543. The lowest BCUT2D eigenvalue weighted by atomic mass is 9.99. The van der Waals surface area contributed by atoms with Gasteiger partial charge in [0.15, 0.2) is 0 Å². The first-order valence-corrected chi connectivity index (χ1v) is 7.40. The van der Waals surface area contributed by atoms with E-state index in [9.17, 15) is 5.11 Å². The number of hydrogen-bond acceptors (Lipinski definition) is 4. The number of hydrogen-bond donors (Lipinski definition) is 2. The van der Waals surface area contributed by atoms with Crippen molar-refractivity contribution in [1.82, 2.24) is 15.6 Å². The molecule has 0 saturated carbocycles. The molecule has 0 aromatic heterocycles. The van der Waals surface area contributed by atoms with Gasteiger partial charge in [-0.1, -0.05) is 28.9 Å². The molecule has 2 aliphatic heterocycles. The topological polar surface area (TPSA) is 38.7 Å². The van der Waals surface area contributed by atoms with Crippen molar-refractivity contribution in [2.45, 2.75) is 25.9 Å². The molecule has 1 aromatic carbocycles. The molecule has 1 aromatic rings. The van der Waals surface area contributed by atoms with E-state index in [1.165, 1.54) is 11.4 Å². The monoisotopic (exact) mass is 323 g/mol. The van der Waals surface area contributed by atoms with Crippen LogP contribution in [0.5, 0.6) is 0 Å². The molecule has 2 N–H and O–H groups in total. The summed E-state index contributed by atoms with van der Waals surface area (Å²) >= 11 is 3.49. The molecule has 0 bridgehead atoms. The predicted octanol–water partition coefficient (Wildman–Crippen LogP) is 2.63. The number of fused-ring (bicyclic) bond motifs is 3. The fourth-order valence-corrected chi connectivity index (χ4v) is 3.23. The van der Waals surface area contributed by atoms with Crippen LogP contribution in [0.3, 0.4) is 0 Å². The van der Waals surface area contributed by atoms with Gasteiger partial charge < -0.3 is 10.5 Å². The van der Waals surface area contributed by atoms with E-state index in [1.807, 2.05) is 24.3 Å². The zero-order valence-electron chi connectivity index (χ0n) is 11.2. The van der Waals surface area contributed by atoms with Crippen LogP contribution >= 0.6 is 15.9 Å². The van der Waals surface area contributed by atoms with Crippen LogP contribution in [0.4, 0.5) is 0 Å². The van der Waals surface area contributed by atoms with E-state index in [4.69, 9.17) is 0 Å². The van der Waals surface area contributed by atoms with Gasteiger partial charge in [0, 0.05) is 23.6 Å². The average Bonchev–Trinajstić information content (AvgIpc) is 2.64. The van der Waals surface area contributed by atoms with Gasteiger partial charge >= 0.3 is 0 Å². The van der Waals surface area contributed by atoms with Crippen LogP contribution < -0.4 is 5.43 Å². The Labute approximate surface area is 121 Å². The second kappa shape index (κ2) is 4.81. The summed E-state index contributed by atoms with van der Waals surface area (Å²) < 4.78 is 1.01. The van der Waals surface area contributed by atoms with Crippen LogP contribution in [0.2, 0.25) is 0 Å². The number of nitrogens with zero attached hydrogens (tertiary/aromatic N) is 2. The van der Waals surface area contributed by atoms with Gasteiger partial charge in [0.25, 0.3) is 0 Å². The maximum atomic E-state index is 10.4. The van der Waals surface area contributed by atoms with Crippen molar-refractivity contribution in [3.8, 4) is 0 Å². The van der Waals surface area contributed by atoms with Crippen molar-refractivity contribution >= 4 is 21.6 Å². The third kappa shape index (κ3) is 2.06. The van der Waals surface area contributed by atoms with Gasteiger partial charge in [-0.25, -0.2) is 0 Å². The minimum absolute atomic E-state index is 0.405. The van der Waals surface area contributed by atoms with Gasteiger partial charge in [0.1, 0.15) is 0 Å². The second-order valence-corrected chi connectivity index (χ2v) is 5.89. The highest BCUT2D eigenvalue weighted by Gasteiger charge is 2.32. The van der Waals surface area contributed by atoms with Crippen molar-refractivity contribution in [3.05, 3.63) is 39.5 Å². The summed E-state index contributed by atoms with van der Waals surface area (Å²) in [7, 11) is 2.01. The molecule has 19 heavy (non-hydrogen) atoms. The molecule has 1 unspecified atom stereocenters. The molecular weight excluding hydrogens is 306 g/mol. The first-order valence-electron chi connectivity index (χ1n) is 6.60. The normalized spacial score (nSPS) is 22.9. The zero-order valence-corrected chi connectivity index (χ0v) is 12.7. The van der Waals surface area contributed by atoms with Gasteiger partial charge in [0.2, 0.25) is 0 Å². The van der Waals surface area contributed by atoms with Crippen molar-refractivity contribution in [3.63, 3.8) is 0 Å². The van der Waals surface area contributed by atoms with Crippen LogP contribution in [0.1, 0.15) is 37.0 Å². The number of hydrazine groups is 2. The predicted molar refractivity (Wildman–Crippen MR) is 78.5 cm³/mol. The largest absolute Gasteiger partial charge is 0.388 e. The fraction of sp³-hybridized carbons (Fsp3) is 0.429. The Morgan fingerprint density at radius 3 is 3.00 bits per heavy atom. The summed E-state index contributed by atoms with van der Waals surface area (Å²) in [6.07, 6.45) is 1.27. The number of halogens is 1. The number of allylic oxidation sites excluding steroid dienone is 1. The van der Waals surface area contributed by atoms with Crippen molar-refractivity contribution in [2.75, 3.05) is 13.6 Å². The van der Waals surface area contributed by atoms with Gasteiger partial charge in [-0.3, -0.25) is 5.01 Å². The molecule has 0 aliphatic carbocycles. The highest BCUT2D eigenvalue weighted by atomic mass is 79.9. The van der Waals surface area contributed by atoms with E-state index in [0.29, 0.717) is 0 Å². The van der Waals surface area contributed by atoms with Crippen molar-refractivity contribution in [2.24, 2.45) is 0 Å². The minimum atomic E-state index is -0.405. The molecule has 1 atom stereocenters. The molecule has 2 aliphatic rings. The maximum absolute atomic E-state index is 10.4. The molecular formula is C14H18BrN3O. The summed E-state index contributed by atoms with van der Waals surface area (Å²) in [5, 5.41) is 14.6. The first kappa shape index (κ1) is 13.0. The van der Waals surface area contributed by atoms with E-state index in [0.717, 1.165) is 35.0 Å². The SMILES string of the molecule is CCC1=C2c3ccc(Br)cc3C(O)CCN2N(C)N1. The van der Waals surface area contributed by atoms with E-state index in [1.54, 1.807) is 0 Å². The highest BCUT2D eigenvalue weighted by molar-refractivity contribution is 9.10. The second-order valence-electron chi connectivity index (χ2n) is 4.98. The van der Waals surface area contributed by atoms with Crippen LogP contribution in [0, 0.1) is 0 Å². The van der Waals surface area contributed by atoms with Crippen LogP contribution in [0.25, 0.3) is 5.70 Å². The third-order valence-corrected chi connectivity index (χ3v) is 4.29. The molecule has 0 saturated heterocycles. The average molecular weight is 324 g/mol. The number of aliphatic hydroxyl groups excluding tert-OH is 1. The van der Waals surface area contributed by atoms with Crippen LogP contribution in [-0.4, -0.2) is 28.8 Å². The quantitative estimate of drug-likeness (QED) is 0.833. The standard InChI is InChI=1S/C14H18BrN3O/c1-3-12-14-10-5-4-9(15)8-11(10)13(19)6-7-18(14)17(2)16-12/h4-5,8,13,16,19H,3,6-7H2,1-2H3.